The third kappa shape index (κ3) is 6.60. The molecule has 0 saturated heterocycles. The zero-order chi connectivity index (χ0) is 22.1. The summed E-state index contributed by atoms with van der Waals surface area (Å²) in [7, 11) is 1.57. The van der Waals surface area contributed by atoms with Gasteiger partial charge in [0.2, 0.25) is 0 Å². The number of hydrogen-bond donors (Lipinski definition) is 2. The van der Waals surface area contributed by atoms with Crippen LogP contribution < -0.4 is 20.1 Å². The summed E-state index contributed by atoms with van der Waals surface area (Å²) in [6, 6.07) is 23.8. The molecule has 0 heterocycles. The quantitative estimate of drug-likeness (QED) is 0.545. The fraction of sp³-hybridized carbons (Fsp3) is 0.200. The van der Waals surface area contributed by atoms with E-state index < -0.39 is 0 Å². The van der Waals surface area contributed by atoms with Gasteiger partial charge < -0.3 is 20.1 Å². The van der Waals surface area contributed by atoms with Gasteiger partial charge >= 0.3 is 0 Å². The largest absolute Gasteiger partial charge is 0.497 e. The second kappa shape index (κ2) is 10.8. The Labute approximate surface area is 182 Å². The molecular formula is C25H26N2O4. The Morgan fingerprint density at radius 2 is 1.65 bits per heavy atom. The lowest BCUT2D eigenvalue weighted by atomic mass is 10.0. The lowest BCUT2D eigenvalue weighted by molar-refractivity contribution is -0.118. The number of hydrogen-bond acceptors (Lipinski definition) is 4. The van der Waals surface area contributed by atoms with Crippen LogP contribution in [0.25, 0.3) is 0 Å². The first-order valence-electron chi connectivity index (χ1n) is 10.0. The van der Waals surface area contributed by atoms with Gasteiger partial charge in [-0.3, -0.25) is 9.59 Å². The van der Waals surface area contributed by atoms with Gasteiger partial charge in [-0.2, -0.15) is 0 Å². The standard InChI is InChI=1S/C25H26N2O4/c1-18(19-7-4-3-5-8-19)16-26-25(29)20-11-13-22(14-12-20)31-17-24(28)27-21-9-6-10-23(15-21)30-2/h3-15,18H,16-17H2,1-2H3,(H,26,29)(H,27,28). The molecule has 6 heteroatoms. The molecule has 1 unspecified atom stereocenters. The molecule has 0 fully saturated rings. The molecule has 0 spiro atoms. The van der Waals surface area contributed by atoms with Gasteiger partial charge in [0.1, 0.15) is 11.5 Å². The molecule has 31 heavy (non-hydrogen) atoms. The fourth-order valence-electron chi connectivity index (χ4n) is 3.00. The van der Waals surface area contributed by atoms with E-state index in [2.05, 4.69) is 17.6 Å². The molecule has 0 aromatic heterocycles. The number of benzene rings is 3. The van der Waals surface area contributed by atoms with Crippen LogP contribution in [0.3, 0.4) is 0 Å². The first-order valence-corrected chi connectivity index (χ1v) is 10.0. The van der Waals surface area contributed by atoms with Gasteiger partial charge in [-0.15, -0.1) is 0 Å². The number of anilines is 1. The third-order valence-electron chi connectivity index (χ3n) is 4.78. The second-order valence-electron chi connectivity index (χ2n) is 7.11. The summed E-state index contributed by atoms with van der Waals surface area (Å²) in [5.41, 5.74) is 2.34. The maximum Gasteiger partial charge on any atom is 0.262 e. The van der Waals surface area contributed by atoms with Crippen LogP contribution in [0.1, 0.15) is 28.8 Å². The number of rotatable bonds is 9. The van der Waals surface area contributed by atoms with Gasteiger partial charge in [0.25, 0.3) is 11.8 Å². The van der Waals surface area contributed by atoms with Crippen molar-refractivity contribution in [3.8, 4) is 11.5 Å². The minimum absolute atomic E-state index is 0.142. The van der Waals surface area contributed by atoms with E-state index in [4.69, 9.17) is 9.47 Å². The SMILES string of the molecule is COc1cccc(NC(=O)COc2ccc(C(=O)NCC(C)c3ccccc3)cc2)c1. The lowest BCUT2D eigenvalue weighted by Gasteiger charge is -2.13. The highest BCUT2D eigenvalue weighted by atomic mass is 16.5. The van der Waals surface area contributed by atoms with Crippen LogP contribution in [0, 0.1) is 0 Å². The van der Waals surface area contributed by atoms with Crippen molar-refractivity contribution in [3.63, 3.8) is 0 Å². The van der Waals surface area contributed by atoms with Crippen LogP contribution >= 0.6 is 0 Å². The molecular weight excluding hydrogens is 392 g/mol. The number of carbonyl (C=O) groups is 2. The fourth-order valence-corrected chi connectivity index (χ4v) is 3.00. The highest BCUT2D eigenvalue weighted by Gasteiger charge is 2.10. The highest BCUT2D eigenvalue weighted by molar-refractivity contribution is 5.94. The minimum Gasteiger partial charge on any atom is -0.497 e. The summed E-state index contributed by atoms with van der Waals surface area (Å²) < 4.78 is 10.6. The Morgan fingerprint density at radius 1 is 0.903 bits per heavy atom. The predicted octanol–water partition coefficient (Wildman–Crippen LogP) is 4.25. The number of ether oxygens (including phenoxy) is 2. The van der Waals surface area contributed by atoms with Crippen molar-refractivity contribution < 1.29 is 19.1 Å². The number of methoxy groups -OCH3 is 1. The molecule has 0 saturated carbocycles. The van der Waals surface area contributed by atoms with Crippen LogP contribution in [0.4, 0.5) is 5.69 Å². The highest BCUT2D eigenvalue weighted by Crippen LogP contribution is 2.17. The topological polar surface area (TPSA) is 76.7 Å². The zero-order valence-corrected chi connectivity index (χ0v) is 17.6. The first kappa shape index (κ1) is 21.9. The average Bonchev–Trinajstić information content (AvgIpc) is 2.82. The molecule has 2 N–H and O–H groups in total. The van der Waals surface area contributed by atoms with Crippen molar-refractivity contribution in [2.24, 2.45) is 0 Å². The van der Waals surface area contributed by atoms with Crippen LogP contribution in [0.2, 0.25) is 0 Å². The van der Waals surface area contributed by atoms with Gasteiger partial charge in [-0.1, -0.05) is 43.3 Å². The van der Waals surface area contributed by atoms with Crippen LogP contribution in [-0.4, -0.2) is 32.1 Å². The van der Waals surface area contributed by atoms with E-state index in [0.29, 0.717) is 29.3 Å². The minimum atomic E-state index is -0.287. The Hall–Kier alpha value is -3.80. The molecule has 0 bridgehead atoms. The normalized spacial score (nSPS) is 11.3. The molecule has 6 nitrogen and oxygen atoms in total. The molecule has 0 radical (unpaired) electrons. The van der Waals surface area contributed by atoms with Crippen molar-refractivity contribution in [1.29, 1.82) is 0 Å². The Bertz CT molecular complexity index is 1000. The van der Waals surface area contributed by atoms with Crippen molar-refractivity contribution in [2.75, 3.05) is 25.6 Å². The van der Waals surface area contributed by atoms with Gasteiger partial charge in [-0.25, -0.2) is 0 Å². The van der Waals surface area contributed by atoms with Crippen molar-refractivity contribution in [2.45, 2.75) is 12.8 Å². The maximum absolute atomic E-state index is 12.4. The molecule has 0 aliphatic carbocycles. The third-order valence-corrected chi connectivity index (χ3v) is 4.78. The van der Waals surface area contributed by atoms with E-state index >= 15 is 0 Å². The summed E-state index contributed by atoms with van der Waals surface area (Å²) in [5.74, 6) is 0.951. The van der Waals surface area contributed by atoms with Crippen molar-refractivity contribution in [1.82, 2.24) is 5.32 Å². The molecule has 160 valence electrons. The smallest absolute Gasteiger partial charge is 0.262 e. The molecule has 3 aromatic rings. The van der Waals surface area contributed by atoms with Gasteiger partial charge in [0.05, 0.1) is 7.11 Å². The number of nitrogens with one attached hydrogen (secondary N) is 2. The number of carbonyl (C=O) groups excluding carboxylic acids is 2. The van der Waals surface area contributed by atoms with Crippen LogP contribution in [0.5, 0.6) is 11.5 Å². The summed E-state index contributed by atoms with van der Waals surface area (Å²) in [4.78, 5) is 24.5. The van der Waals surface area contributed by atoms with E-state index in [1.165, 1.54) is 5.56 Å². The van der Waals surface area contributed by atoms with Gasteiger partial charge in [0.15, 0.2) is 6.61 Å². The second-order valence-corrected chi connectivity index (χ2v) is 7.11. The predicted molar refractivity (Wildman–Crippen MR) is 121 cm³/mol. The maximum atomic E-state index is 12.4. The average molecular weight is 418 g/mol. The van der Waals surface area contributed by atoms with Gasteiger partial charge in [0, 0.05) is 23.9 Å². The van der Waals surface area contributed by atoms with E-state index in [1.54, 1.807) is 55.6 Å². The lowest BCUT2D eigenvalue weighted by Crippen LogP contribution is -2.27. The molecule has 0 aliphatic rings. The Balaban J connectivity index is 1.45. The monoisotopic (exact) mass is 418 g/mol. The zero-order valence-electron chi connectivity index (χ0n) is 17.6. The molecule has 0 aliphatic heterocycles. The van der Waals surface area contributed by atoms with Gasteiger partial charge in [-0.05, 0) is 47.9 Å². The van der Waals surface area contributed by atoms with Crippen molar-refractivity contribution in [3.05, 3.63) is 90.0 Å². The molecule has 2 amide bonds. The van der Waals surface area contributed by atoms with E-state index in [-0.39, 0.29) is 24.3 Å². The van der Waals surface area contributed by atoms with Crippen molar-refractivity contribution >= 4 is 17.5 Å². The van der Waals surface area contributed by atoms with Crippen LogP contribution in [-0.2, 0) is 4.79 Å². The van der Waals surface area contributed by atoms with Crippen LogP contribution in [0.15, 0.2) is 78.9 Å². The summed E-state index contributed by atoms with van der Waals surface area (Å²) >= 11 is 0. The molecule has 3 aromatic carbocycles. The summed E-state index contributed by atoms with van der Waals surface area (Å²) in [6.07, 6.45) is 0. The molecule has 3 rings (SSSR count). The summed E-state index contributed by atoms with van der Waals surface area (Å²) in [6.45, 7) is 2.48. The van der Waals surface area contributed by atoms with E-state index in [0.717, 1.165) is 0 Å². The Kier molecular flexibility index (Phi) is 7.65. The molecule has 1 atom stereocenters. The summed E-state index contributed by atoms with van der Waals surface area (Å²) in [5, 5.41) is 5.70. The Morgan fingerprint density at radius 3 is 2.35 bits per heavy atom. The van der Waals surface area contributed by atoms with E-state index in [1.807, 2.05) is 30.3 Å². The van der Waals surface area contributed by atoms with E-state index in [9.17, 15) is 9.59 Å². The first-order chi connectivity index (χ1) is 15.0. The number of amides is 2.